The molecule has 24 heavy (non-hydrogen) atoms. The van der Waals surface area contributed by atoms with E-state index in [1.165, 1.54) is 0 Å². The lowest BCUT2D eigenvalue weighted by atomic mass is 10.1. The van der Waals surface area contributed by atoms with Crippen molar-refractivity contribution in [2.75, 3.05) is 19.8 Å². The van der Waals surface area contributed by atoms with Crippen molar-refractivity contribution in [1.29, 1.82) is 0 Å². The molecule has 5 nitrogen and oxygen atoms in total. The average molecular weight is 347 g/mol. The monoisotopic (exact) mass is 347 g/mol. The Morgan fingerprint density at radius 3 is 2.46 bits per heavy atom. The number of rotatable bonds is 5. The van der Waals surface area contributed by atoms with Gasteiger partial charge in [0.1, 0.15) is 13.2 Å². The molecule has 0 spiro atoms. The van der Waals surface area contributed by atoms with Gasteiger partial charge in [-0.2, -0.15) is 0 Å². The lowest BCUT2D eigenvalue weighted by Gasteiger charge is -2.18. The third kappa shape index (κ3) is 3.71. The van der Waals surface area contributed by atoms with Crippen LogP contribution in [0.3, 0.4) is 0 Å². The summed E-state index contributed by atoms with van der Waals surface area (Å²) in [6.45, 7) is 5.29. The third-order valence-corrected chi connectivity index (χ3v) is 5.56. The van der Waals surface area contributed by atoms with Crippen molar-refractivity contribution < 1.29 is 17.9 Å². The molecule has 6 heteroatoms. The Balaban J connectivity index is 1.64. The van der Waals surface area contributed by atoms with Crippen molar-refractivity contribution in [2.24, 2.45) is 0 Å². The summed E-state index contributed by atoms with van der Waals surface area (Å²) in [4.78, 5) is 0.299. The summed E-state index contributed by atoms with van der Waals surface area (Å²) in [6.07, 6.45) is 0.584. The topological polar surface area (TPSA) is 64.6 Å². The molecule has 0 fully saturated rings. The van der Waals surface area contributed by atoms with Gasteiger partial charge in [-0.1, -0.05) is 12.1 Å². The lowest BCUT2D eigenvalue weighted by Crippen LogP contribution is -2.26. The summed E-state index contributed by atoms with van der Waals surface area (Å²) in [5.74, 6) is 1.46. The second-order valence-electron chi connectivity index (χ2n) is 5.87. The molecule has 1 heterocycles. The number of nitrogens with one attached hydrogen (secondary N) is 1. The molecule has 0 aromatic heterocycles. The molecule has 0 radical (unpaired) electrons. The van der Waals surface area contributed by atoms with E-state index >= 15 is 0 Å². The highest BCUT2D eigenvalue weighted by atomic mass is 32.2. The Kier molecular flexibility index (Phi) is 4.78. The SMILES string of the molecule is Cc1ccc(S(=O)(=O)NCCc2ccc3c(c2)OCCO3)cc1C. The Morgan fingerprint density at radius 1 is 0.958 bits per heavy atom. The minimum Gasteiger partial charge on any atom is -0.486 e. The van der Waals surface area contributed by atoms with Crippen LogP contribution < -0.4 is 14.2 Å². The summed E-state index contributed by atoms with van der Waals surface area (Å²) in [5.41, 5.74) is 3.04. The van der Waals surface area contributed by atoms with Crippen LogP contribution in [0.15, 0.2) is 41.3 Å². The lowest BCUT2D eigenvalue weighted by molar-refractivity contribution is 0.171. The summed E-state index contributed by atoms with van der Waals surface area (Å²) in [7, 11) is -3.49. The molecule has 3 rings (SSSR count). The van der Waals surface area contributed by atoms with Crippen LogP contribution in [0, 0.1) is 13.8 Å². The van der Waals surface area contributed by atoms with Crippen LogP contribution >= 0.6 is 0 Å². The summed E-state index contributed by atoms with van der Waals surface area (Å²) in [6, 6.07) is 10.8. The van der Waals surface area contributed by atoms with Crippen molar-refractivity contribution in [3.05, 3.63) is 53.1 Å². The molecular weight excluding hydrogens is 326 g/mol. The zero-order chi connectivity index (χ0) is 17.2. The largest absolute Gasteiger partial charge is 0.486 e. The summed E-state index contributed by atoms with van der Waals surface area (Å²) >= 11 is 0. The normalized spacial score (nSPS) is 13.8. The number of aryl methyl sites for hydroxylation is 2. The number of hydrogen-bond acceptors (Lipinski definition) is 4. The van der Waals surface area contributed by atoms with E-state index in [9.17, 15) is 8.42 Å². The molecule has 0 bridgehead atoms. The van der Waals surface area contributed by atoms with E-state index in [0.29, 0.717) is 31.1 Å². The van der Waals surface area contributed by atoms with Gasteiger partial charge in [0.15, 0.2) is 11.5 Å². The van der Waals surface area contributed by atoms with Crippen molar-refractivity contribution in [3.8, 4) is 11.5 Å². The highest BCUT2D eigenvalue weighted by molar-refractivity contribution is 7.89. The van der Waals surface area contributed by atoms with Crippen molar-refractivity contribution >= 4 is 10.0 Å². The molecular formula is C18H21NO4S. The molecule has 0 aliphatic carbocycles. The van der Waals surface area contributed by atoms with Crippen LogP contribution in [-0.4, -0.2) is 28.2 Å². The molecule has 1 N–H and O–H groups in total. The minimum atomic E-state index is -3.49. The van der Waals surface area contributed by atoms with E-state index in [1.54, 1.807) is 12.1 Å². The predicted octanol–water partition coefficient (Wildman–Crippen LogP) is 2.60. The van der Waals surface area contributed by atoms with Gasteiger partial charge in [-0.25, -0.2) is 13.1 Å². The van der Waals surface area contributed by atoms with Crippen molar-refractivity contribution in [2.45, 2.75) is 25.2 Å². The minimum absolute atomic E-state index is 0.299. The number of sulfonamides is 1. The first-order valence-corrected chi connectivity index (χ1v) is 9.39. The van der Waals surface area contributed by atoms with E-state index < -0.39 is 10.0 Å². The standard InChI is InChI=1S/C18H21NO4S/c1-13-3-5-16(11-14(13)2)24(20,21)19-8-7-15-4-6-17-18(12-15)23-10-9-22-17/h3-6,11-12,19H,7-10H2,1-2H3. The Morgan fingerprint density at radius 2 is 1.71 bits per heavy atom. The van der Waals surface area contributed by atoms with Gasteiger partial charge in [0.05, 0.1) is 4.90 Å². The Bertz CT molecular complexity index is 846. The van der Waals surface area contributed by atoms with Crippen LogP contribution in [0.1, 0.15) is 16.7 Å². The smallest absolute Gasteiger partial charge is 0.240 e. The quantitative estimate of drug-likeness (QED) is 0.903. The average Bonchev–Trinajstić information content (AvgIpc) is 2.57. The highest BCUT2D eigenvalue weighted by Gasteiger charge is 2.15. The fourth-order valence-corrected chi connectivity index (χ4v) is 3.65. The van der Waals surface area contributed by atoms with Gasteiger partial charge in [0.25, 0.3) is 0 Å². The molecule has 2 aromatic carbocycles. The first-order chi connectivity index (χ1) is 11.5. The molecule has 0 saturated heterocycles. The fourth-order valence-electron chi connectivity index (χ4n) is 2.54. The van der Waals surface area contributed by atoms with Gasteiger partial charge >= 0.3 is 0 Å². The fraction of sp³-hybridized carbons (Fsp3) is 0.333. The second-order valence-corrected chi connectivity index (χ2v) is 7.64. The molecule has 1 aliphatic rings. The van der Waals surface area contributed by atoms with Crippen LogP contribution in [0.25, 0.3) is 0 Å². The van der Waals surface area contributed by atoms with Gasteiger partial charge in [-0.15, -0.1) is 0 Å². The van der Waals surface area contributed by atoms with E-state index in [4.69, 9.17) is 9.47 Å². The maximum atomic E-state index is 12.4. The van der Waals surface area contributed by atoms with Gasteiger partial charge < -0.3 is 9.47 Å². The van der Waals surface area contributed by atoms with Crippen LogP contribution in [0.4, 0.5) is 0 Å². The van der Waals surface area contributed by atoms with Crippen molar-refractivity contribution in [3.63, 3.8) is 0 Å². The van der Waals surface area contributed by atoms with Crippen molar-refractivity contribution in [1.82, 2.24) is 4.72 Å². The number of fused-ring (bicyclic) bond motifs is 1. The number of ether oxygens (including phenoxy) is 2. The molecule has 0 atom stereocenters. The van der Waals surface area contributed by atoms with E-state index in [1.807, 2.05) is 38.1 Å². The maximum absolute atomic E-state index is 12.4. The third-order valence-electron chi connectivity index (χ3n) is 4.10. The van der Waals surface area contributed by atoms with Crippen LogP contribution in [0.5, 0.6) is 11.5 Å². The molecule has 128 valence electrons. The first kappa shape index (κ1) is 16.8. The molecule has 0 amide bonds. The van der Waals surface area contributed by atoms with Gasteiger partial charge in [-0.05, 0) is 61.2 Å². The molecule has 2 aromatic rings. The maximum Gasteiger partial charge on any atom is 0.240 e. The van der Waals surface area contributed by atoms with E-state index in [2.05, 4.69) is 4.72 Å². The Hall–Kier alpha value is -2.05. The zero-order valence-electron chi connectivity index (χ0n) is 13.8. The molecule has 1 aliphatic heterocycles. The van der Waals surface area contributed by atoms with E-state index in [0.717, 1.165) is 28.2 Å². The Labute approximate surface area is 142 Å². The summed E-state index contributed by atoms with van der Waals surface area (Å²) < 4.78 is 38.4. The van der Waals surface area contributed by atoms with Crippen LogP contribution in [-0.2, 0) is 16.4 Å². The molecule has 0 unspecified atom stereocenters. The van der Waals surface area contributed by atoms with Gasteiger partial charge in [0, 0.05) is 6.54 Å². The summed E-state index contributed by atoms with van der Waals surface area (Å²) in [5, 5.41) is 0. The highest BCUT2D eigenvalue weighted by Crippen LogP contribution is 2.30. The van der Waals surface area contributed by atoms with Crippen LogP contribution in [0.2, 0.25) is 0 Å². The van der Waals surface area contributed by atoms with E-state index in [-0.39, 0.29) is 0 Å². The molecule has 0 saturated carbocycles. The zero-order valence-corrected chi connectivity index (χ0v) is 14.7. The first-order valence-electron chi connectivity index (χ1n) is 7.91. The second kappa shape index (κ2) is 6.83. The number of benzene rings is 2. The van der Waals surface area contributed by atoms with Gasteiger partial charge in [0.2, 0.25) is 10.0 Å². The predicted molar refractivity (Wildman–Crippen MR) is 92.2 cm³/mol. The van der Waals surface area contributed by atoms with Gasteiger partial charge in [-0.3, -0.25) is 0 Å². The number of hydrogen-bond donors (Lipinski definition) is 1.